The van der Waals surface area contributed by atoms with Crippen molar-refractivity contribution in [3.63, 3.8) is 0 Å². The van der Waals surface area contributed by atoms with Crippen LogP contribution in [0.3, 0.4) is 0 Å². The average molecular weight is 281 g/mol. The first-order valence-corrected chi connectivity index (χ1v) is 6.61. The molecule has 9 heteroatoms. The minimum absolute atomic E-state index is 0.104. The molecule has 2 aromatic rings. The fourth-order valence-corrected chi connectivity index (χ4v) is 2.01. The third-order valence-corrected chi connectivity index (χ3v) is 3.36. The van der Waals surface area contributed by atoms with E-state index < -0.39 is 15.9 Å². The molecule has 0 fully saturated rings. The summed E-state index contributed by atoms with van der Waals surface area (Å²) in [6.45, 7) is 0. The maximum Gasteiger partial charge on any atom is 0.251 e. The molecule has 1 aromatic carbocycles. The molecule has 0 aliphatic rings. The van der Waals surface area contributed by atoms with E-state index in [4.69, 9.17) is 16.6 Å². The smallest absolute Gasteiger partial charge is 0.251 e. The second-order valence-electron chi connectivity index (χ2n) is 3.80. The van der Waals surface area contributed by atoms with E-state index in [-0.39, 0.29) is 16.1 Å². The van der Waals surface area contributed by atoms with Crippen molar-refractivity contribution >= 4 is 21.6 Å². The summed E-state index contributed by atoms with van der Waals surface area (Å²) in [5, 5.41) is 8.93. The topological polar surface area (TPSA) is 147 Å². The molecule has 1 amide bonds. The van der Waals surface area contributed by atoms with Crippen molar-refractivity contribution in [2.75, 3.05) is 5.73 Å². The molecule has 0 atom stereocenters. The normalized spacial score (nSPS) is 11.4. The van der Waals surface area contributed by atoms with Gasteiger partial charge in [-0.2, -0.15) is 5.10 Å². The van der Waals surface area contributed by atoms with Gasteiger partial charge in [-0.25, -0.2) is 18.2 Å². The Morgan fingerprint density at radius 2 is 2.00 bits per heavy atom. The largest absolute Gasteiger partial charge is 0.397 e. The number of anilines is 1. The molecule has 0 unspecified atom stereocenters. The fraction of sp³-hybridized carbons (Fsp3) is 0. The molecule has 100 valence electrons. The summed E-state index contributed by atoms with van der Waals surface area (Å²) in [5.41, 5.74) is 11.6. The first-order chi connectivity index (χ1) is 8.79. The molecule has 1 heterocycles. The van der Waals surface area contributed by atoms with Crippen LogP contribution >= 0.6 is 0 Å². The third kappa shape index (κ3) is 2.56. The number of carbonyl (C=O) groups excluding carboxylic acids is 1. The summed E-state index contributed by atoms with van der Waals surface area (Å²) in [5.74, 6) is -0.646. The van der Waals surface area contributed by atoms with Crippen LogP contribution in [0.4, 0.5) is 5.69 Å². The van der Waals surface area contributed by atoms with Crippen LogP contribution in [0.25, 0.3) is 5.69 Å². The summed E-state index contributed by atoms with van der Waals surface area (Å²) in [7, 11) is -3.85. The Kier molecular flexibility index (Phi) is 3.00. The lowest BCUT2D eigenvalue weighted by molar-refractivity contribution is 0.100. The molecule has 0 bridgehead atoms. The van der Waals surface area contributed by atoms with E-state index in [1.165, 1.54) is 35.3 Å². The lowest BCUT2D eigenvalue weighted by Gasteiger charge is -2.07. The standard InChI is InChI=1S/C10H11N5O3S/c11-8-2-1-7(19(13,17)18)3-9(8)15-5-6(4-14-15)10(12)16/h1-5H,11H2,(H2,12,16)(H2,13,17,18). The molecule has 0 radical (unpaired) electrons. The van der Waals surface area contributed by atoms with Gasteiger partial charge in [-0.1, -0.05) is 0 Å². The van der Waals surface area contributed by atoms with E-state index in [0.29, 0.717) is 5.69 Å². The van der Waals surface area contributed by atoms with Gasteiger partial charge in [0.1, 0.15) is 0 Å². The van der Waals surface area contributed by atoms with Crippen LogP contribution in [-0.2, 0) is 10.0 Å². The summed E-state index contributed by atoms with van der Waals surface area (Å²) < 4.78 is 23.8. The number of hydrogen-bond donors (Lipinski definition) is 3. The molecular weight excluding hydrogens is 270 g/mol. The molecule has 8 nitrogen and oxygen atoms in total. The maximum absolute atomic E-state index is 11.3. The van der Waals surface area contributed by atoms with Crippen LogP contribution in [0.1, 0.15) is 10.4 Å². The zero-order valence-electron chi connectivity index (χ0n) is 9.65. The van der Waals surface area contributed by atoms with E-state index in [1.54, 1.807) is 0 Å². The lowest BCUT2D eigenvalue weighted by Crippen LogP contribution is -2.13. The number of primary amides is 1. The lowest BCUT2D eigenvalue weighted by atomic mass is 10.2. The van der Waals surface area contributed by atoms with Crippen molar-refractivity contribution < 1.29 is 13.2 Å². The molecule has 0 aliphatic carbocycles. The number of aromatic nitrogens is 2. The molecule has 19 heavy (non-hydrogen) atoms. The van der Waals surface area contributed by atoms with Gasteiger partial charge in [-0.05, 0) is 18.2 Å². The Balaban J connectivity index is 2.57. The third-order valence-electron chi connectivity index (χ3n) is 2.44. The van der Waals surface area contributed by atoms with E-state index in [9.17, 15) is 13.2 Å². The highest BCUT2D eigenvalue weighted by molar-refractivity contribution is 7.89. The van der Waals surface area contributed by atoms with Gasteiger partial charge in [0, 0.05) is 6.20 Å². The summed E-state index contributed by atoms with van der Waals surface area (Å²) in [6.07, 6.45) is 2.60. The monoisotopic (exact) mass is 281 g/mol. The van der Waals surface area contributed by atoms with Gasteiger partial charge in [-0.15, -0.1) is 0 Å². The van der Waals surface area contributed by atoms with Crippen LogP contribution in [0.15, 0.2) is 35.5 Å². The van der Waals surface area contributed by atoms with Crippen LogP contribution in [0.2, 0.25) is 0 Å². The van der Waals surface area contributed by atoms with Crippen LogP contribution in [0, 0.1) is 0 Å². The minimum atomic E-state index is -3.85. The maximum atomic E-state index is 11.3. The average Bonchev–Trinajstić information content (AvgIpc) is 2.77. The quantitative estimate of drug-likeness (QED) is 0.630. The first kappa shape index (κ1) is 13.1. The molecule has 2 rings (SSSR count). The first-order valence-electron chi connectivity index (χ1n) is 5.06. The predicted molar refractivity (Wildman–Crippen MR) is 67.9 cm³/mol. The number of primary sulfonamides is 1. The van der Waals surface area contributed by atoms with E-state index in [1.807, 2.05) is 0 Å². The second-order valence-corrected chi connectivity index (χ2v) is 5.36. The number of sulfonamides is 1. The molecule has 0 spiro atoms. The number of carbonyl (C=O) groups is 1. The van der Waals surface area contributed by atoms with Gasteiger partial charge >= 0.3 is 0 Å². The van der Waals surface area contributed by atoms with E-state index >= 15 is 0 Å². The molecule has 6 N–H and O–H groups in total. The highest BCUT2D eigenvalue weighted by Crippen LogP contribution is 2.20. The van der Waals surface area contributed by atoms with Crippen LogP contribution in [0.5, 0.6) is 0 Å². The number of rotatable bonds is 3. The Morgan fingerprint density at radius 3 is 2.53 bits per heavy atom. The Labute approximate surface area is 108 Å². The summed E-state index contributed by atoms with van der Waals surface area (Å²) in [4.78, 5) is 10.9. The molecule has 1 aromatic heterocycles. The minimum Gasteiger partial charge on any atom is -0.397 e. The van der Waals surface area contributed by atoms with Gasteiger partial charge in [0.15, 0.2) is 0 Å². The predicted octanol–water partition coefficient (Wildman–Crippen LogP) is -0.799. The zero-order chi connectivity index (χ0) is 14.2. The highest BCUT2D eigenvalue weighted by Gasteiger charge is 2.13. The Hall–Kier alpha value is -2.39. The van der Waals surface area contributed by atoms with Crippen molar-refractivity contribution in [1.82, 2.24) is 9.78 Å². The molecule has 0 aliphatic heterocycles. The van der Waals surface area contributed by atoms with Gasteiger partial charge in [0.05, 0.1) is 28.0 Å². The number of benzene rings is 1. The van der Waals surface area contributed by atoms with Gasteiger partial charge < -0.3 is 11.5 Å². The summed E-state index contributed by atoms with van der Waals surface area (Å²) in [6, 6.07) is 3.94. The molecule has 0 saturated carbocycles. The second kappa shape index (κ2) is 4.37. The highest BCUT2D eigenvalue weighted by atomic mass is 32.2. The Morgan fingerprint density at radius 1 is 1.32 bits per heavy atom. The van der Waals surface area contributed by atoms with Crippen molar-refractivity contribution in [2.24, 2.45) is 10.9 Å². The van der Waals surface area contributed by atoms with Crippen molar-refractivity contribution in [2.45, 2.75) is 4.90 Å². The van der Waals surface area contributed by atoms with Gasteiger partial charge in [0.2, 0.25) is 10.0 Å². The number of nitrogen functional groups attached to an aromatic ring is 1. The van der Waals surface area contributed by atoms with Crippen LogP contribution < -0.4 is 16.6 Å². The zero-order valence-corrected chi connectivity index (χ0v) is 10.5. The van der Waals surface area contributed by atoms with Crippen LogP contribution in [-0.4, -0.2) is 24.1 Å². The SMILES string of the molecule is NC(=O)c1cnn(-c2cc(S(N)(=O)=O)ccc2N)c1. The fourth-order valence-electron chi connectivity index (χ4n) is 1.48. The van der Waals surface area contributed by atoms with E-state index in [2.05, 4.69) is 5.10 Å². The number of nitrogens with two attached hydrogens (primary N) is 3. The summed E-state index contributed by atoms with van der Waals surface area (Å²) >= 11 is 0. The van der Waals surface area contributed by atoms with E-state index in [0.717, 1.165) is 0 Å². The Bertz CT molecular complexity index is 750. The number of hydrogen-bond acceptors (Lipinski definition) is 5. The van der Waals surface area contributed by atoms with Crippen molar-refractivity contribution in [3.05, 3.63) is 36.2 Å². The number of nitrogens with zero attached hydrogens (tertiary/aromatic N) is 2. The van der Waals surface area contributed by atoms with Crippen molar-refractivity contribution in [1.29, 1.82) is 0 Å². The number of amides is 1. The van der Waals surface area contributed by atoms with Gasteiger partial charge in [-0.3, -0.25) is 4.79 Å². The van der Waals surface area contributed by atoms with Crippen molar-refractivity contribution in [3.8, 4) is 5.69 Å². The molecular formula is C10H11N5O3S. The van der Waals surface area contributed by atoms with Gasteiger partial charge in [0.25, 0.3) is 5.91 Å². The molecule has 0 saturated heterocycles.